The van der Waals surface area contributed by atoms with Crippen molar-refractivity contribution >= 4 is 34.3 Å². The fourth-order valence-electron chi connectivity index (χ4n) is 3.15. The van der Waals surface area contributed by atoms with Crippen LogP contribution in [0.2, 0.25) is 0 Å². The molecule has 1 amide bonds. The van der Waals surface area contributed by atoms with Crippen LogP contribution in [0.4, 0.5) is 0 Å². The van der Waals surface area contributed by atoms with Crippen molar-refractivity contribution in [3.63, 3.8) is 0 Å². The summed E-state index contributed by atoms with van der Waals surface area (Å²) in [5.74, 6) is 1.37. The molecule has 4 aromatic rings. The Balaban J connectivity index is 1.30. The van der Waals surface area contributed by atoms with Crippen LogP contribution in [-0.2, 0) is 6.54 Å². The molecule has 1 heterocycles. The average molecular weight is 460 g/mol. The third-order valence-electron chi connectivity index (χ3n) is 4.85. The molecule has 33 heavy (non-hydrogen) atoms. The highest BCUT2D eigenvalue weighted by Gasteiger charge is 2.10. The molecule has 2 N–H and O–H groups in total. The average Bonchev–Trinajstić information content (AvgIpc) is 3.26. The summed E-state index contributed by atoms with van der Waals surface area (Å²) in [6, 6.07) is 22.6. The van der Waals surface area contributed by atoms with Crippen LogP contribution in [0, 0.1) is 5.92 Å². The van der Waals surface area contributed by atoms with E-state index in [4.69, 9.17) is 21.4 Å². The van der Waals surface area contributed by atoms with Gasteiger partial charge in [0, 0.05) is 17.7 Å². The highest BCUT2D eigenvalue weighted by molar-refractivity contribution is 7.80. The van der Waals surface area contributed by atoms with Gasteiger partial charge in [-0.05, 0) is 66.2 Å². The van der Waals surface area contributed by atoms with Crippen molar-refractivity contribution in [2.45, 2.75) is 20.4 Å². The molecule has 0 saturated carbocycles. The van der Waals surface area contributed by atoms with Crippen LogP contribution in [0.25, 0.3) is 22.6 Å². The quantitative estimate of drug-likeness (QED) is 0.364. The number of oxazole rings is 1. The number of nitrogens with one attached hydrogen (secondary N) is 2. The number of hydrogen-bond donors (Lipinski definition) is 2. The van der Waals surface area contributed by atoms with Gasteiger partial charge in [0.05, 0.1) is 6.61 Å². The van der Waals surface area contributed by atoms with E-state index in [1.54, 1.807) is 18.2 Å². The van der Waals surface area contributed by atoms with Gasteiger partial charge in [-0.1, -0.05) is 44.2 Å². The van der Waals surface area contributed by atoms with Gasteiger partial charge in [0.2, 0.25) is 5.89 Å². The first-order valence-corrected chi connectivity index (χ1v) is 11.2. The Morgan fingerprint density at radius 1 is 1.06 bits per heavy atom. The molecule has 0 unspecified atom stereocenters. The molecule has 6 nitrogen and oxygen atoms in total. The van der Waals surface area contributed by atoms with Crippen molar-refractivity contribution in [2.24, 2.45) is 5.92 Å². The molecule has 3 aromatic carbocycles. The predicted octanol–water partition coefficient (Wildman–Crippen LogP) is 5.33. The molecular formula is C26H25N3O3S. The van der Waals surface area contributed by atoms with Crippen molar-refractivity contribution in [2.75, 3.05) is 6.61 Å². The van der Waals surface area contributed by atoms with Crippen LogP contribution in [0.15, 0.2) is 77.2 Å². The molecule has 0 aliphatic rings. The summed E-state index contributed by atoms with van der Waals surface area (Å²) in [5, 5.41) is 6.04. The van der Waals surface area contributed by atoms with Crippen LogP contribution < -0.4 is 15.4 Å². The number of carbonyl (C=O) groups is 1. The predicted molar refractivity (Wildman–Crippen MR) is 133 cm³/mol. The van der Waals surface area contributed by atoms with Gasteiger partial charge in [-0.15, -0.1) is 0 Å². The fourth-order valence-corrected chi connectivity index (χ4v) is 3.32. The maximum Gasteiger partial charge on any atom is 0.257 e. The topological polar surface area (TPSA) is 76.4 Å². The fraction of sp³-hybridized carbons (Fsp3) is 0.192. The first-order chi connectivity index (χ1) is 16.0. The maximum absolute atomic E-state index is 12.5. The molecule has 0 bridgehead atoms. The first kappa shape index (κ1) is 22.5. The Morgan fingerprint density at radius 3 is 2.61 bits per heavy atom. The number of amides is 1. The van der Waals surface area contributed by atoms with Crippen molar-refractivity contribution in [1.29, 1.82) is 0 Å². The molecule has 0 aliphatic heterocycles. The lowest BCUT2D eigenvalue weighted by molar-refractivity contribution is 0.0976. The highest BCUT2D eigenvalue weighted by atomic mass is 32.1. The summed E-state index contributed by atoms with van der Waals surface area (Å²) >= 11 is 5.29. The lowest BCUT2D eigenvalue weighted by Gasteiger charge is -2.12. The lowest BCUT2D eigenvalue weighted by atomic mass is 10.1. The molecular weight excluding hydrogens is 434 g/mol. The number of ether oxygens (including phenoxy) is 1. The van der Waals surface area contributed by atoms with Crippen LogP contribution in [0.1, 0.15) is 29.8 Å². The number of fused-ring (bicyclic) bond motifs is 1. The third kappa shape index (κ3) is 5.96. The summed E-state index contributed by atoms with van der Waals surface area (Å²) in [5.41, 5.74) is 3.98. The van der Waals surface area contributed by atoms with Gasteiger partial charge in [0.15, 0.2) is 10.7 Å². The lowest BCUT2D eigenvalue weighted by Crippen LogP contribution is -2.38. The Hall–Kier alpha value is -3.71. The molecule has 7 heteroatoms. The van der Waals surface area contributed by atoms with Crippen molar-refractivity contribution in [1.82, 2.24) is 15.6 Å². The summed E-state index contributed by atoms with van der Waals surface area (Å²) < 4.78 is 11.5. The second-order valence-electron chi connectivity index (χ2n) is 8.05. The third-order valence-corrected chi connectivity index (χ3v) is 5.10. The van der Waals surface area contributed by atoms with E-state index in [9.17, 15) is 4.79 Å². The Morgan fingerprint density at radius 2 is 1.85 bits per heavy atom. The Kier molecular flexibility index (Phi) is 7.00. The SMILES string of the molecule is CC(C)COc1cccc(C(=O)NC(=S)NCc2ccc(-c3nc4ccccc4o3)cc2)c1. The summed E-state index contributed by atoms with van der Waals surface area (Å²) in [6.07, 6.45) is 0. The normalized spacial score (nSPS) is 10.9. The zero-order chi connectivity index (χ0) is 23.2. The number of para-hydroxylation sites is 2. The van der Waals surface area contributed by atoms with Gasteiger partial charge in [-0.2, -0.15) is 0 Å². The number of nitrogens with zero attached hydrogens (tertiary/aromatic N) is 1. The minimum absolute atomic E-state index is 0.261. The molecule has 168 valence electrons. The smallest absolute Gasteiger partial charge is 0.257 e. The maximum atomic E-state index is 12.5. The van der Waals surface area contributed by atoms with E-state index < -0.39 is 0 Å². The first-order valence-electron chi connectivity index (χ1n) is 10.7. The van der Waals surface area contributed by atoms with Crippen LogP contribution in [0.3, 0.4) is 0 Å². The Labute approximate surface area is 198 Å². The minimum atomic E-state index is -0.284. The van der Waals surface area contributed by atoms with E-state index in [0.29, 0.717) is 36.3 Å². The number of hydrogen-bond acceptors (Lipinski definition) is 5. The van der Waals surface area contributed by atoms with E-state index in [2.05, 4.69) is 29.5 Å². The van der Waals surface area contributed by atoms with Gasteiger partial charge < -0.3 is 14.5 Å². The van der Waals surface area contributed by atoms with E-state index in [1.807, 2.05) is 54.6 Å². The number of rotatable bonds is 7. The van der Waals surface area contributed by atoms with Gasteiger partial charge in [0.1, 0.15) is 11.3 Å². The molecule has 0 saturated heterocycles. The zero-order valence-electron chi connectivity index (χ0n) is 18.5. The van der Waals surface area contributed by atoms with Gasteiger partial charge >= 0.3 is 0 Å². The van der Waals surface area contributed by atoms with E-state index >= 15 is 0 Å². The monoisotopic (exact) mass is 459 g/mol. The summed E-state index contributed by atoms with van der Waals surface area (Å²) in [4.78, 5) is 17.0. The van der Waals surface area contributed by atoms with Crippen LogP contribution in [0.5, 0.6) is 5.75 Å². The molecule has 0 radical (unpaired) electrons. The number of aromatic nitrogens is 1. The second-order valence-corrected chi connectivity index (χ2v) is 8.46. The number of thiocarbonyl (C=S) groups is 1. The van der Waals surface area contributed by atoms with Crippen molar-refractivity contribution in [3.05, 3.63) is 83.9 Å². The molecule has 0 atom stereocenters. The van der Waals surface area contributed by atoms with Crippen LogP contribution in [-0.4, -0.2) is 22.6 Å². The standard InChI is InChI=1S/C26H25N3O3S/c1-17(2)16-31-21-7-5-6-20(14-21)24(30)29-26(33)27-15-18-10-12-19(13-11-18)25-28-22-8-3-4-9-23(22)32-25/h3-14,17H,15-16H2,1-2H3,(H2,27,29,30,33). The van der Waals surface area contributed by atoms with Crippen molar-refractivity contribution in [3.8, 4) is 17.2 Å². The van der Waals surface area contributed by atoms with E-state index in [0.717, 1.165) is 22.2 Å². The zero-order valence-corrected chi connectivity index (χ0v) is 19.3. The summed E-state index contributed by atoms with van der Waals surface area (Å²) in [7, 11) is 0. The van der Waals surface area contributed by atoms with E-state index in [-0.39, 0.29) is 11.0 Å². The number of carbonyl (C=O) groups excluding carboxylic acids is 1. The van der Waals surface area contributed by atoms with Gasteiger partial charge in [0.25, 0.3) is 5.91 Å². The molecule has 0 fully saturated rings. The molecule has 0 spiro atoms. The van der Waals surface area contributed by atoms with Gasteiger partial charge in [-0.3, -0.25) is 10.1 Å². The van der Waals surface area contributed by atoms with Crippen LogP contribution >= 0.6 is 12.2 Å². The Bertz CT molecular complexity index is 1230. The van der Waals surface area contributed by atoms with Crippen molar-refractivity contribution < 1.29 is 13.9 Å². The molecule has 1 aromatic heterocycles. The minimum Gasteiger partial charge on any atom is -0.493 e. The summed E-state index contributed by atoms with van der Waals surface area (Å²) in [6.45, 7) is 5.22. The molecule has 4 rings (SSSR count). The molecule has 0 aliphatic carbocycles. The van der Waals surface area contributed by atoms with Gasteiger partial charge in [-0.25, -0.2) is 4.98 Å². The van der Waals surface area contributed by atoms with E-state index in [1.165, 1.54) is 0 Å². The second kappa shape index (κ2) is 10.3. The number of benzene rings is 3. The largest absolute Gasteiger partial charge is 0.493 e. The highest BCUT2D eigenvalue weighted by Crippen LogP contribution is 2.24.